The fourth-order valence-corrected chi connectivity index (χ4v) is 1.70. The number of urea groups is 1. The van der Waals surface area contributed by atoms with E-state index in [2.05, 4.69) is 10.6 Å². The maximum atomic E-state index is 11.5. The van der Waals surface area contributed by atoms with Gasteiger partial charge in [0, 0.05) is 6.04 Å². The molecule has 0 saturated heterocycles. The van der Waals surface area contributed by atoms with Crippen molar-refractivity contribution < 1.29 is 9.90 Å². The molecule has 1 aromatic carbocycles. The predicted molar refractivity (Wildman–Crippen MR) is 65.7 cm³/mol. The highest BCUT2D eigenvalue weighted by Crippen LogP contribution is 2.18. The Balaban J connectivity index is 1.81. The van der Waals surface area contributed by atoms with Crippen molar-refractivity contribution in [1.82, 2.24) is 10.6 Å². The molecule has 0 unspecified atom stereocenters. The molecule has 0 aliphatic heterocycles. The second-order valence-electron chi connectivity index (χ2n) is 4.46. The Kier molecular flexibility index (Phi) is 3.98. The van der Waals surface area contributed by atoms with E-state index in [4.69, 9.17) is 0 Å². The third kappa shape index (κ3) is 4.07. The number of carbonyl (C=O) groups excluding carboxylic acids is 1. The van der Waals surface area contributed by atoms with Crippen LogP contribution in [0, 0.1) is 0 Å². The summed E-state index contributed by atoms with van der Waals surface area (Å²) < 4.78 is 0. The molecular weight excluding hydrogens is 216 g/mol. The number of nitrogens with one attached hydrogen (secondary N) is 2. The molecule has 1 aliphatic carbocycles. The van der Waals surface area contributed by atoms with E-state index in [1.54, 1.807) is 0 Å². The molecular formula is C13H18N2O2. The van der Waals surface area contributed by atoms with Gasteiger partial charge in [-0.15, -0.1) is 0 Å². The van der Waals surface area contributed by atoms with E-state index in [9.17, 15) is 9.90 Å². The van der Waals surface area contributed by atoms with E-state index in [0.29, 0.717) is 12.5 Å². The Labute approximate surface area is 101 Å². The Morgan fingerprint density at radius 1 is 1.35 bits per heavy atom. The molecule has 0 bridgehead atoms. The molecule has 4 heteroatoms. The first-order valence-electron chi connectivity index (χ1n) is 5.99. The summed E-state index contributed by atoms with van der Waals surface area (Å²) in [7, 11) is 0. The van der Waals surface area contributed by atoms with Gasteiger partial charge in [-0.2, -0.15) is 0 Å². The number of amides is 2. The van der Waals surface area contributed by atoms with Gasteiger partial charge < -0.3 is 15.7 Å². The fourth-order valence-electron chi connectivity index (χ4n) is 1.70. The number of carbonyl (C=O) groups is 1. The van der Waals surface area contributed by atoms with E-state index in [1.807, 2.05) is 30.3 Å². The Morgan fingerprint density at radius 3 is 2.65 bits per heavy atom. The van der Waals surface area contributed by atoms with Crippen LogP contribution in [0.1, 0.15) is 18.4 Å². The average Bonchev–Trinajstić information content (AvgIpc) is 3.13. The zero-order valence-electron chi connectivity index (χ0n) is 9.73. The lowest BCUT2D eigenvalue weighted by atomic mass is 10.1. The van der Waals surface area contributed by atoms with E-state index < -0.39 is 0 Å². The largest absolute Gasteiger partial charge is 0.394 e. The van der Waals surface area contributed by atoms with Crippen molar-refractivity contribution in [2.75, 3.05) is 6.61 Å². The summed E-state index contributed by atoms with van der Waals surface area (Å²) in [6, 6.07) is 9.77. The zero-order valence-corrected chi connectivity index (χ0v) is 9.73. The van der Waals surface area contributed by atoms with Gasteiger partial charge in [-0.25, -0.2) is 4.79 Å². The van der Waals surface area contributed by atoms with Crippen LogP contribution in [0.5, 0.6) is 0 Å². The number of rotatable bonds is 5. The molecule has 1 saturated carbocycles. The highest BCUT2D eigenvalue weighted by Gasteiger charge is 2.24. The number of hydrogen-bond acceptors (Lipinski definition) is 2. The van der Waals surface area contributed by atoms with Crippen molar-refractivity contribution in [2.45, 2.75) is 31.3 Å². The number of aliphatic hydroxyl groups is 1. The minimum Gasteiger partial charge on any atom is -0.394 e. The average molecular weight is 234 g/mol. The molecule has 0 heterocycles. The summed E-state index contributed by atoms with van der Waals surface area (Å²) >= 11 is 0. The van der Waals surface area contributed by atoms with Crippen molar-refractivity contribution in [3.8, 4) is 0 Å². The molecule has 2 rings (SSSR count). The fraction of sp³-hybridized carbons (Fsp3) is 0.462. The van der Waals surface area contributed by atoms with Crippen LogP contribution in [0.25, 0.3) is 0 Å². The van der Waals surface area contributed by atoms with Crippen molar-refractivity contribution in [3.63, 3.8) is 0 Å². The molecule has 17 heavy (non-hydrogen) atoms. The van der Waals surface area contributed by atoms with Crippen LogP contribution in [0.3, 0.4) is 0 Å². The molecule has 1 aliphatic rings. The summed E-state index contributed by atoms with van der Waals surface area (Å²) in [5.41, 5.74) is 1.11. The van der Waals surface area contributed by atoms with Gasteiger partial charge in [0.25, 0.3) is 0 Å². The smallest absolute Gasteiger partial charge is 0.315 e. The van der Waals surface area contributed by atoms with Gasteiger partial charge in [0.05, 0.1) is 12.6 Å². The van der Waals surface area contributed by atoms with Crippen LogP contribution in [-0.2, 0) is 6.42 Å². The van der Waals surface area contributed by atoms with Gasteiger partial charge in [-0.05, 0) is 24.8 Å². The lowest BCUT2D eigenvalue weighted by Gasteiger charge is -2.16. The summed E-state index contributed by atoms with van der Waals surface area (Å²) in [5.74, 6) is 0. The van der Waals surface area contributed by atoms with Crippen LogP contribution in [-0.4, -0.2) is 29.8 Å². The first-order valence-corrected chi connectivity index (χ1v) is 5.99. The first kappa shape index (κ1) is 11.9. The quantitative estimate of drug-likeness (QED) is 0.713. The predicted octanol–water partition coefficient (Wildman–Crippen LogP) is 1.05. The zero-order chi connectivity index (χ0) is 12.1. The van der Waals surface area contributed by atoms with Crippen molar-refractivity contribution in [1.29, 1.82) is 0 Å². The second kappa shape index (κ2) is 5.68. The second-order valence-corrected chi connectivity index (χ2v) is 4.46. The maximum absolute atomic E-state index is 11.5. The third-order valence-electron chi connectivity index (χ3n) is 2.79. The molecule has 1 atom stereocenters. The van der Waals surface area contributed by atoms with Crippen LogP contribution in [0.2, 0.25) is 0 Å². The lowest BCUT2D eigenvalue weighted by molar-refractivity contribution is 0.215. The Hall–Kier alpha value is -1.55. The standard InChI is InChI=1S/C13H18N2O2/c16-9-12(8-10-4-2-1-3-5-10)15-13(17)14-11-6-7-11/h1-5,11-12,16H,6-9H2,(H2,14,15,17)/t12-/m1/s1. The van der Waals surface area contributed by atoms with Gasteiger partial charge in [0.15, 0.2) is 0 Å². The molecule has 1 aromatic rings. The Morgan fingerprint density at radius 2 is 2.06 bits per heavy atom. The molecule has 4 nitrogen and oxygen atoms in total. The topological polar surface area (TPSA) is 61.4 Å². The molecule has 2 amide bonds. The van der Waals surface area contributed by atoms with Crippen LogP contribution in [0.4, 0.5) is 4.79 Å². The molecule has 0 spiro atoms. The van der Waals surface area contributed by atoms with Crippen LogP contribution >= 0.6 is 0 Å². The minimum atomic E-state index is -0.226. The monoisotopic (exact) mass is 234 g/mol. The molecule has 3 N–H and O–H groups in total. The van der Waals surface area contributed by atoms with Gasteiger partial charge in [-0.3, -0.25) is 0 Å². The number of hydrogen-bond donors (Lipinski definition) is 3. The third-order valence-corrected chi connectivity index (χ3v) is 2.79. The van der Waals surface area contributed by atoms with Crippen LogP contribution < -0.4 is 10.6 Å². The van der Waals surface area contributed by atoms with Crippen molar-refractivity contribution >= 4 is 6.03 Å². The van der Waals surface area contributed by atoms with Crippen molar-refractivity contribution in [3.05, 3.63) is 35.9 Å². The summed E-state index contributed by atoms with van der Waals surface area (Å²) in [6.45, 7) is -0.0486. The van der Waals surface area contributed by atoms with Gasteiger partial charge in [-0.1, -0.05) is 30.3 Å². The van der Waals surface area contributed by atoms with Gasteiger partial charge in [0.1, 0.15) is 0 Å². The minimum absolute atomic E-state index is 0.0486. The molecule has 1 fully saturated rings. The molecule has 92 valence electrons. The summed E-state index contributed by atoms with van der Waals surface area (Å²) in [4.78, 5) is 11.5. The highest BCUT2D eigenvalue weighted by molar-refractivity contribution is 5.74. The van der Waals surface area contributed by atoms with E-state index >= 15 is 0 Å². The molecule has 0 radical (unpaired) electrons. The number of aliphatic hydroxyl groups excluding tert-OH is 1. The number of benzene rings is 1. The Bertz CT molecular complexity index is 363. The van der Waals surface area contributed by atoms with E-state index in [1.165, 1.54) is 0 Å². The highest BCUT2D eigenvalue weighted by atomic mass is 16.3. The van der Waals surface area contributed by atoms with Crippen molar-refractivity contribution in [2.24, 2.45) is 0 Å². The summed E-state index contributed by atoms with van der Waals surface area (Å²) in [5, 5.41) is 14.9. The maximum Gasteiger partial charge on any atom is 0.315 e. The lowest BCUT2D eigenvalue weighted by Crippen LogP contribution is -2.45. The van der Waals surface area contributed by atoms with E-state index in [0.717, 1.165) is 18.4 Å². The summed E-state index contributed by atoms with van der Waals surface area (Å²) in [6.07, 6.45) is 2.78. The normalized spacial score (nSPS) is 16.3. The van der Waals surface area contributed by atoms with E-state index in [-0.39, 0.29) is 18.7 Å². The van der Waals surface area contributed by atoms with Crippen LogP contribution in [0.15, 0.2) is 30.3 Å². The van der Waals surface area contributed by atoms with Gasteiger partial charge >= 0.3 is 6.03 Å². The SMILES string of the molecule is O=C(NC1CC1)N[C@@H](CO)Cc1ccccc1. The van der Waals surface area contributed by atoms with Gasteiger partial charge in [0.2, 0.25) is 0 Å². The molecule has 0 aromatic heterocycles. The first-order chi connectivity index (χ1) is 8.28.